The molecular formula is C22H26N4O. The number of nitrogens with one attached hydrogen (secondary N) is 1. The summed E-state index contributed by atoms with van der Waals surface area (Å²) in [6, 6.07) is 8.68. The molecule has 1 aliphatic rings. The highest BCUT2D eigenvalue weighted by molar-refractivity contribution is 5.97. The fraction of sp³-hybridized carbons (Fsp3) is 0.409. The zero-order valence-corrected chi connectivity index (χ0v) is 16.2. The molecule has 0 bridgehead atoms. The van der Waals surface area contributed by atoms with E-state index in [1.54, 1.807) is 12.4 Å². The van der Waals surface area contributed by atoms with E-state index in [9.17, 15) is 4.79 Å². The first-order valence-corrected chi connectivity index (χ1v) is 9.79. The summed E-state index contributed by atoms with van der Waals surface area (Å²) >= 11 is 0. The maximum absolute atomic E-state index is 12.7. The summed E-state index contributed by atoms with van der Waals surface area (Å²) in [4.78, 5) is 17.2. The van der Waals surface area contributed by atoms with Crippen LogP contribution in [0.1, 0.15) is 72.7 Å². The number of aryl methyl sites for hydroxylation is 2. The zero-order valence-electron chi connectivity index (χ0n) is 16.2. The summed E-state index contributed by atoms with van der Waals surface area (Å²) in [6.07, 6.45) is 8.26. The minimum Gasteiger partial charge on any atom is -0.345 e. The minimum absolute atomic E-state index is 0.0428. The van der Waals surface area contributed by atoms with Crippen LogP contribution in [0.25, 0.3) is 11.0 Å². The van der Waals surface area contributed by atoms with Gasteiger partial charge in [0.2, 0.25) is 0 Å². The van der Waals surface area contributed by atoms with Gasteiger partial charge in [0, 0.05) is 17.6 Å². The van der Waals surface area contributed by atoms with E-state index >= 15 is 0 Å². The standard InChI is InChI=1S/C22H26N4O/c1-14(2)26-21-19(13-24-26)11-20(12-23-21)22(27)25-15(3)17-9-8-16-6-4-5-7-18(16)10-17/h8-15H,4-7H2,1-3H3,(H,25,27)/t15-/m1/s1. The molecule has 5 nitrogen and oxygen atoms in total. The molecule has 0 saturated heterocycles. The number of carbonyl (C=O) groups is 1. The molecule has 0 radical (unpaired) electrons. The summed E-state index contributed by atoms with van der Waals surface area (Å²) in [5.41, 5.74) is 5.43. The molecule has 1 aromatic carbocycles. The molecule has 1 N–H and O–H groups in total. The first-order valence-electron chi connectivity index (χ1n) is 9.79. The highest BCUT2D eigenvalue weighted by atomic mass is 16.1. The van der Waals surface area contributed by atoms with Crippen molar-refractivity contribution in [2.75, 3.05) is 0 Å². The van der Waals surface area contributed by atoms with E-state index in [1.165, 1.54) is 30.4 Å². The summed E-state index contributed by atoms with van der Waals surface area (Å²) in [7, 11) is 0. The molecule has 27 heavy (non-hydrogen) atoms. The third kappa shape index (κ3) is 3.46. The normalized spacial score (nSPS) is 15.0. The van der Waals surface area contributed by atoms with E-state index < -0.39 is 0 Å². The van der Waals surface area contributed by atoms with E-state index in [0.29, 0.717) is 5.56 Å². The molecule has 0 saturated carbocycles. The van der Waals surface area contributed by atoms with Crippen LogP contribution in [0.4, 0.5) is 0 Å². The fourth-order valence-corrected chi connectivity index (χ4v) is 3.83. The second-order valence-electron chi connectivity index (χ2n) is 7.75. The topological polar surface area (TPSA) is 59.8 Å². The first-order chi connectivity index (χ1) is 13.0. The van der Waals surface area contributed by atoms with Gasteiger partial charge < -0.3 is 5.32 Å². The van der Waals surface area contributed by atoms with Crippen LogP contribution < -0.4 is 5.32 Å². The van der Waals surface area contributed by atoms with E-state index in [-0.39, 0.29) is 18.0 Å². The number of hydrogen-bond acceptors (Lipinski definition) is 3. The highest BCUT2D eigenvalue weighted by Gasteiger charge is 2.16. The molecule has 0 spiro atoms. The largest absolute Gasteiger partial charge is 0.345 e. The van der Waals surface area contributed by atoms with Crippen molar-refractivity contribution in [3.63, 3.8) is 0 Å². The van der Waals surface area contributed by atoms with Crippen LogP contribution in [-0.4, -0.2) is 20.7 Å². The van der Waals surface area contributed by atoms with Gasteiger partial charge in [-0.15, -0.1) is 0 Å². The third-order valence-corrected chi connectivity index (χ3v) is 5.40. The summed E-state index contributed by atoms with van der Waals surface area (Å²) in [6.45, 7) is 6.16. The Hall–Kier alpha value is -2.69. The van der Waals surface area contributed by atoms with Gasteiger partial charge in [0.1, 0.15) is 0 Å². The maximum Gasteiger partial charge on any atom is 0.253 e. The molecule has 0 unspecified atom stereocenters. The number of amides is 1. The van der Waals surface area contributed by atoms with Crippen molar-refractivity contribution in [2.45, 2.75) is 58.5 Å². The molecule has 3 aromatic rings. The van der Waals surface area contributed by atoms with Crippen molar-refractivity contribution in [1.29, 1.82) is 0 Å². The van der Waals surface area contributed by atoms with Crippen LogP contribution in [0.2, 0.25) is 0 Å². The second-order valence-corrected chi connectivity index (χ2v) is 7.75. The molecule has 1 aliphatic carbocycles. The molecule has 2 aromatic heterocycles. The van der Waals surface area contributed by atoms with Crippen LogP contribution in [-0.2, 0) is 12.8 Å². The lowest BCUT2D eigenvalue weighted by molar-refractivity contribution is 0.0939. The molecule has 4 rings (SSSR count). The quantitative estimate of drug-likeness (QED) is 0.749. The molecular weight excluding hydrogens is 336 g/mol. The van der Waals surface area contributed by atoms with E-state index in [2.05, 4.69) is 47.4 Å². The fourth-order valence-electron chi connectivity index (χ4n) is 3.83. The Labute approximate surface area is 159 Å². The summed E-state index contributed by atoms with van der Waals surface area (Å²) in [5, 5.41) is 8.36. The van der Waals surface area contributed by atoms with E-state index in [4.69, 9.17) is 0 Å². The lowest BCUT2D eigenvalue weighted by Gasteiger charge is -2.20. The van der Waals surface area contributed by atoms with Gasteiger partial charge >= 0.3 is 0 Å². The number of nitrogens with zero attached hydrogens (tertiary/aromatic N) is 3. The van der Waals surface area contributed by atoms with Crippen LogP contribution in [0, 0.1) is 0 Å². The SMILES string of the molecule is CC(C)n1ncc2cc(C(=O)N[C@H](C)c3ccc4c(c3)CCCC4)cnc21. The van der Waals surface area contributed by atoms with E-state index in [0.717, 1.165) is 23.0 Å². The number of aromatic nitrogens is 3. The number of pyridine rings is 1. The van der Waals surface area contributed by atoms with Crippen molar-refractivity contribution >= 4 is 16.9 Å². The maximum atomic E-state index is 12.7. The Morgan fingerprint density at radius 2 is 1.85 bits per heavy atom. The zero-order chi connectivity index (χ0) is 19.0. The molecule has 5 heteroatoms. The Morgan fingerprint density at radius 1 is 1.07 bits per heavy atom. The first kappa shape index (κ1) is 17.7. The smallest absolute Gasteiger partial charge is 0.253 e. The van der Waals surface area contributed by atoms with Crippen molar-refractivity contribution in [1.82, 2.24) is 20.1 Å². The van der Waals surface area contributed by atoms with Gasteiger partial charge in [-0.25, -0.2) is 9.67 Å². The Balaban J connectivity index is 1.52. The molecule has 140 valence electrons. The van der Waals surface area contributed by atoms with Gasteiger partial charge in [-0.3, -0.25) is 4.79 Å². The van der Waals surface area contributed by atoms with Crippen LogP contribution in [0.3, 0.4) is 0 Å². The van der Waals surface area contributed by atoms with Crippen LogP contribution in [0.5, 0.6) is 0 Å². The van der Waals surface area contributed by atoms with Gasteiger partial charge in [0.15, 0.2) is 5.65 Å². The highest BCUT2D eigenvalue weighted by Crippen LogP contribution is 2.25. The van der Waals surface area contributed by atoms with Crippen LogP contribution >= 0.6 is 0 Å². The monoisotopic (exact) mass is 362 g/mol. The predicted molar refractivity (Wildman–Crippen MR) is 107 cm³/mol. The lowest BCUT2D eigenvalue weighted by atomic mass is 9.89. The lowest BCUT2D eigenvalue weighted by Crippen LogP contribution is -2.27. The van der Waals surface area contributed by atoms with Crippen molar-refractivity contribution < 1.29 is 4.79 Å². The number of hydrogen-bond donors (Lipinski definition) is 1. The van der Waals surface area contributed by atoms with Gasteiger partial charge in [0.05, 0.1) is 17.8 Å². The second kappa shape index (κ2) is 7.14. The summed E-state index contributed by atoms with van der Waals surface area (Å²) in [5.74, 6) is -0.105. The number of rotatable bonds is 4. The van der Waals surface area contributed by atoms with Gasteiger partial charge in [-0.1, -0.05) is 18.2 Å². The Bertz CT molecular complexity index is 989. The average Bonchev–Trinajstić information content (AvgIpc) is 3.11. The van der Waals surface area contributed by atoms with Crippen LogP contribution in [0.15, 0.2) is 36.7 Å². The predicted octanol–water partition coefficient (Wildman–Crippen LogP) is 4.38. The average molecular weight is 362 g/mol. The van der Waals surface area contributed by atoms with Crippen molar-refractivity contribution in [3.8, 4) is 0 Å². The van der Waals surface area contributed by atoms with Gasteiger partial charge in [0.25, 0.3) is 5.91 Å². The number of carbonyl (C=O) groups excluding carboxylic acids is 1. The minimum atomic E-state index is -0.105. The molecule has 1 atom stereocenters. The molecule has 2 heterocycles. The molecule has 0 aliphatic heterocycles. The Morgan fingerprint density at radius 3 is 2.63 bits per heavy atom. The molecule has 0 fully saturated rings. The molecule has 1 amide bonds. The summed E-state index contributed by atoms with van der Waals surface area (Å²) < 4.78 is 1.87. The van der Waals surface area contributed by atoms with Crippen molar-refractivity contribution in [2.24, 2.45) is 0 Å². The number of benzene rings is 1. The van der Waals surface area contributed by atoms with E-state index in [1.807, 2.05) is 17.7 Å². The Kier molecular flexibility index (Phi) is 4.68. The van der Waals surface area contributed by atoms with Gasteiger partial charge in [-0.2, -0.15) is 5.10 Å². The number of fused-ring (bicyclic) bond motifs is 2. The van der Waals surface area contributed by atoms with Gasteiger partial charge in [-0.05, 0) is 69.2 Å². The third-order valence-electron chi connectivity index (χ3n) is 5.40. The van der Waals surface area contributed by atoms with Crippen molar-refractivity contribution in [3.05, 3.63) is 58.9 Å².